The second-order valence-corrected chi connectivity index (χ2v) is 6.19. The number of rotatable bonds is 5. The van der Waals surface area contributed by atoms with Gasteiger partial charge in [0.15, 0.2) is 5.69 Å². The number of carbonyl (C=O) groups is 1. The van der Waals surface area contributed by atoms with Crippen molar-refractivity contribution in [2.24, 2.45) is 5.41 Å². The number of amides is 1. The van der Waals surface area contributed by atoms with E-state index in [0.717, 1.165) is 6.42 Å². The van der Waals surface area contributed by atoms with E-state index in [0.29, 0.717) is 24.1 Å². The Morgan fingerprint density at radius 1 is 1.57 bits per heavy atom. The molecule has 1 saturated heterocycles. The van der Waals surface area contributed by atoms with E-state index in [1.165, 1.54) is 17.9 Å². The molecule has 130 valence electrons. The molecule has 1 aliphatic rings. The van der Waals surface area contributed by atoms with Gasteiger partial charge in [0.1, 0.15) is 0 Å². The molecule has 1 amide bonds. The van der Waals surface area contributed by atoms with Gasteiger partial charge in [-0.05, 0) is 25.8 Å². The number of alkyl halides is 2. The maximum absolute atomic E-state index is 12.8. The number of piperidine rings is 1. The first kappa shape index (κ1) is 17.8. The standard InChI is InChI=1S/C15H23F2N3O3/c1-3-5-15(9-21)8-19(6-4-12(15)22)13(23)11-7-10(2)20(18-11)14(16)17/h7,12,14,21-22H,3-6,8-9H2,1-2H3/t12-,15+/m1/s1. The predicted octanol–water partition coefficient (Wildman–Crippen LogP) is 1.57. The van der Waals surface area contributed by atoms with Crippen LogP contribution < -0.4 is 0 Å². The summed E-state index contributed by atoms with van der Waals surface area (Å²) in [5.41, 5.74) is -0.590. The third-order valence-electron chi connectivity index (χ3n) is 4.56. The van der Waals surface area contributed by atoms with Crippen molar-refractivity contribution in [2.45, 2.75) is 45.8 Å². The summed E-state index contributed by atoms with van der Waals surface area (Å²) in [6, 6.07) is 1.33. The summed E-state index contributed by atoms with van der Waals surface area (Å²) in [5, 5.41) is 23.6. The zero-order chi connectivity index (χ0) is 17.2. The Bertz CT molecular complexity index is 564. The van der Waals surface area contributed by atoms with Crippen molar-refractivity contribution in [3.05, 3.63) is 17.5 Å². The summed E-state index contributed by atoms with van der Waals surface area (Å²) in [4.78, 5) is 14.0. The van der Waals surface area contributed by atoms with Gasteiger partial charge in [0.2, 0.25) is 0 Å². The highest BCUT2D eigenvalue weighted by Gasteiger charge is 2.43. The molecule has 1 aliphatic heterocycles. The first-order valence-corrected chi connectivity index (χ1v) is 7.77. The molecule has 0 aliphatic carbocycles. The Balaban J connectivity index is 2.21. The molecule has 0 bridgehead atoms. The van der Waals surface area contributed by atoms with Crippen molar-refractivity contribution in [3.8, 4) is 0 Å². The molecule has 2 atom stereocenters. The van der Waals surface area contributed by atoms with Crippen LogP contribution in [-0.4, -0.2) is 56.6 Å². The van der Waals surface area contributed by atoms with Gasteiger partial charge in [-0.2, -0.15) is 13.9 Å². The number of carbonyl (C=O) groups excluding carboxylic acids is 1. The van der Waals surface area contributed by atoms with Gasteiger partial charge < -0.3 is 15.1 Å². The fraction of sp³-hybridized carbons (Fsp3) is 0.733. The third-order valence-corrected chi connectivity index (χ3v) is 4.56. The zero-order valence-electron chi connectivity index (χ0n) is 13.4. The molecule has 0 saturated carbocycles. The smallest absolute Gasteiger partial charge is 0.333 e. The van der Waals surface area contributed by atoms with Crippen molar-refractivity contribution >= 4 is 5.91 Å². The number of hydrogen-bond acceptors (Lipinski definition) is 4. The van der Waals surface area contributed by atoms with E-state index in [4.69, 9.17) is 0 Å². The number of nitrogens with zero attached hydrogens (tertiary/aromatic N) is 3. The minimum Gasteiger partial charge on any atom is -0.396 e. The highest BCUT2D eigenvalue weighted by Crippen LogP contribution is 2.35. The van der Waals surface area contributed by atoms with Crippen LogP contribution in [0.2, 0.25) is 0 Å². The lowest BCUT2D eigenvalue weighted by atomic mass is 9.74. The van der Waals surface area contributed by atoms with Crippen LogP contribution >= 0.6 is 0 Å². The van der Waals surface area contributed by atoms with Gasteiger partial charge in [0, 0.05) is 24.2 Å². The third kappa shape index (κ3) is 3.37. The summed E-state index contributed by atoms with van der Waals surface area (Å²) in [7, 11) is 0. The largest absolute Gasteiger partial charge is 0.396 e. The van der Waals surface area contributed by atoms with Crippen molar-refractivity contribution in [2.75, 3.05) is 19.7 Å². The number of aromatic nitrogens is 2. The molecule has 2 N–H and O–H groups in total. The number of aryl methyl sites for hydroxylation is 1. The van der Waals surface area contributed by atoms with Crippen molar-refractivity contribution in [3.63, 3.8) is 0 Å². The van der Waals surface area contributed by atoms with Crippen molar-refractivity contribution in [1.82, 2.24) is 14.7 Å². The Morgan fingerprint density at radius 3 is 2.78 bits per heavy atom. The van der Waals surface area contributed by atoms with Gasteiger partial charge in [-0.3, -0.25) is 4.79 Å². The summed E-state index contributed by atoms with van der Waals surface area (Å²) in [6.07, 6.45) is 1.01. The fourth-order valence-corrected chi connectivity index (χ4v) is 3.25. The van der Waals surface area contributed by atoms with E-state index in [1.807, 2.05) is 6.92 Å². The number of aliphatic hydroxyl groups is 2. The van der Waals surface area contributed by atoms with E-state index in [2.05, 4.69) is 5.10 Å². The van der Waals surface area contributed by atoms with E-state index in [-0.39, 0.29) is 24.5 Å². The quantitative estimate of drug-likeness (QED) is 0.858. The maximum Gasteiger partial charge on any atom is 0.333 e. The molecular weight excluding hydrogens is 308 g/mol. The molecule has 2 rings (SSSR count). The van der Waals surface area contributed by atoms with E-state index in [1.54, 1.807) is 0 Å². The zero-order valence-corrected chi connectivity index (χ0v) is 13.4. The SMILES string of the molecule is CCC[C@@]1(CO)CN(C(=O)c2cc(C)n(C(F)F)n2)CC[C@H]1O. The molecule has 8 heteroatoms. The van der Waals surface area contributed by atoms with Crippen molar-refractivity contribution in [1.29, 1.82) is 0 Å². The van der Waals surface area contributed by atoms with E-state index >= 15 is 0 Å². The van der Waals surface area contributed by atoms with Crippen LogP contribution in [0.15, 0.2) is 6.07 Å². The monoisotopic (exact) mass is 331 g/mol. The summed E-state index contributed by atoms with van der Waals surface area (Å²) in [5.74, 6) is -0.451. The van der Waals surface area contributed by atoms with Gasteiger partial charge in [-0.25, -0.2) is 4.68 Å². The van der Waals surface area contributed by atoms with Gasteiger partial charge in [-0.15, -0.1) is 0 Å². The molecule has 23 heavy (non-hydrogen) atoms. The van der Waals surface area contributed by atoms with Gasteiger partial charge in [0.05, 0.1) is 12.7 Å². The van der Waals surface area contributed by atoms with Crippen molar-refractivity contribution < 1.29 is 23.8 Å². The Hall–Kier alpha value is -1.54. The van der Waals surface area contributed by atoms with Gasteiger partial charge >= 0.3 is 6.55 Å². The van der Waals surface area contributed by atoms with Crippen LogP contribution in [0, 0.1) is 12.3 Å². The average molecular weight is 331 g/mol. The molecule has 1 fully saturated rings. The molecule has 0 aromatic carbocycles. The molecule has 1 aromatic rings. The number of halogens is 2. The molecule has 2 heterocycles. The minimum absolute atomic E-state index is 0.0393. The van der Waals surface area contributed by atoms with Crippen LogP contribution in [-0.2, 0) is 0 Å². The topological polar surface area (TPSA) is 78.6 Å². The molecular formula is C15H23F2N3O3. The predicted molar refractivity (Wildman–Crippen MR) is 79.2 cm³/mol. The lowest BCUT2D eigenvalue weighted by molar-refractivity contribution is -0.0721. The van der Waals surface area contributed by atoms with E-state index < -0.39 is 24.0 Å². The molecule has 0 unspecified atom stereocenters. The second-order valence-electron chi connectivity index (χ2n) is 6.19. The highest BCUT2D eigenvalue weighted by atomic mass is 19.3. The van der Waals surface area contributed by atoms with Crippen LogP contribution in [0.25, 0.3) is 0 Å². The van der Waals surface area contributed by atoms with Crippen LogP contribution in [0.1, 0.15) is 48.9 Å². The normalized spacial score (nSPS) is 25.2. The molecule has 0 spiro atoms. The summed E-state index contributed by atoms with van der Waals surface area (Å²) < 4.78 is 26.1. The van der Waals surface area contributed by atoms with Crippen LogP contribution in [0.5, 0.6) is 0 Å². The first-order valence-electron chi connectivity index (χ1n) is 7.77. The van der Waals surface area contributed by atoms with Gasteiger partial charge in [0.25, 0.3) is 5.91 Å². The Morgan fingerprint density at radius 2 is 2.26 bits per heavy atom. The summed E-state index contributed by atoms with van der Waals surface area (Å²) >= 11 is 0. The lowest BCUT2D eigenvalue weighted by Crippen LogP contribution is -2.55. The van der Waals surface area contributed by atoms with Crippen LogP contribution in [0.3, 0.4) is 0 Å². The fourth-order valence-electron chi connectivity index (χ4n) is 3.25. The highest BCUT2D eigenvalue weighted by molar-refractivity contribution is 5.92. The Labute approximate surface area is 133 Å². The first-order chi connectivity index (χ1) is 10.8. The molecule has 6 nitrogen and oxygen atoms in total. The lowest BCUT2D eigenvalue weighted by Gasteiger charge is -2.45. The maximum atomic E-state index is 12.8. The van der Waals surface area contributed by atoms with Gasteiger partial charge in [-0.1, -0.05) is 13.3 Å². The van der Waals surface area contributed by atoms with E-state index in [9.17, 15) is 23.8 Å². The molecule has 1 aromatic heterocycles. The number of likely N-dealkylation sites (tertiary alicyclic amines) is 1. The second kappa shape index (κ2) is 6.92. The number of hydrogen-bond donors (Lipinski definition) is 2. The number of aliphatic hydroxyl groups excluding tert-OH is 2. The average Bonchev–Trinajstić information content (AvgIpc) is 2.91. The minimum atomic E-state index is -2.80. The van der Waals surface area contributed by atoms with Crippen LogP contribution in [0.4, 0.5) is 8.78 Å². The summed E-state index contributed by atoms with van der Waals surface area (Å²) in [6.45, 7) is 0.889. The molecule has 0 radical (unpaired) electrons. The Kier molecular flexibility index (Phi) is 5.36.